The van der Waals surface area contributed by atoms with Crippen molar-refractivity contribution in [3.8, 4) is 5.88 Å². The average molecular weight is 242 g/mol. The van der Waals surface area contributed by atoms with Crippen LogP contribution in [0.15, 0.2) is 24.3 Å². The van der Waals surface area contributed by atoms with Gasteiger partial charge in [-0.05, 0) is 18.2 Å². The predicted octanol–water partition coefficient (Wildman–Crippen LogP) is 2.84. The molecule has 0 saturated carbocycles. The summed E-state index contributed by atoms with van der Waals surface area (Å²) in [6.07, 6.45) is -4.43. The summed E-state index contributed by atoms with van der Waals surface area (Å²) in [5.41, 5.74) is 5.14. The van der Waals surface area contributed by atoms with E-state index in [2.05, 4.69) is 4.98 Å². The molecule has 6 heteroatoms. The number of anilines is 1. The number of ether oxygens (including phenoxy) is 1. The number of nitrogens with two attached hydrogens (primary N) is 1. The maximum absolute atomic E-state index is 12.7. The maximum Gasteiger partial charge on any atom is 0.417 e. The second-order valence-corrected chi connectivity index (χ2v) is 3.45. The van der Waals surface area contributed by atoms with Gasteiger partial charge in [0.25, 0.3) is 0 Å². The van der Waals surface area contributed by atoms with Crippen LogP contribution in [0, 0.1) is 0 Å². The molecule has 90 valence electrons. The lowest BCUT2D eigenvalue weighted by molar-refractivity contribution is -0.136. The quantitative estimate of drug-likeness (QED) is 0.782. The molecule has 0 saturated heterocycles. The highest BCUT2D eigenvalue weighted by molar-refractivity contribution is 5.92. The first-order valence-electron chi connectivity index (χ1n) is 4.74. The van der Waals surface area contributed by atoms with Gasteiger partial charge in [0.05, 0.1) is 23.9 Å². The number of alkyl halides is 3. The Morgan fingerprint density at radius 3 is 2.47 bits per heavy atom. The van der Waals surface area contributed by atoms with Gasteiger partial charge in [-0.2, -0.15) is 13.2 Å². The van der Waals surface area contributed by atoms with Crippen molar-refractivity contribution in [1.82, 2.24) is 4.98 Å². The molecule has 2 aromatic rings. The van der Waals surface area contributed by atoms with Gasteiger partial charge >= 0.3 is 6.18 Å². The van der Waals surface area contributed by atoms with Crippen LogP contribution in [0.2, 0.25) is 0 Å². The van der Waals surface area contributed by atoms with Crippen LogP contribution in [-0.4, -0.2) is 12.1 Å². The molecule has 0 fully saturated rings. The Balaban J connectivity index is 2.78. The zero-order valence-corrected chi connectivity index (χ0v) is 8.88. The molecule has 0 spiro atoms. The molecular weight excluding hydrogens is 233 g/mol. The van der Waals surface area contributed by atoms with Gasteiger partial charge < -0.3 is 10.5 Å². The maximum atomic E-state index is 12.7. The van der Waals surface area contributed by atoms with Crippen LogP contribution in [0.4, 0.5) is 18.9 Å². The van der Waals surface area contributed by atoms with E-state index in [4.69, 9.17) is 10.5 Å². The van der Waals surface area contributed by atoms with Crippen LogP contribution in [0.1, 0.15) is 5.56 Å². The molecule has 0 aliphatic heterocycles. The number of rotatable bonds is 1. The van der Waals surface area contributed by atoms with Crippen molar-refractivity contribution >= 4 is 16.6 Å². The summed E-state index contributed by atoms with van der Waals surface area (Å²) in [4.78, 5) is 3.92. The highest BCUT2D eigenvalue weighted by Crippen LogP contribution is 2.36. The number of hydrogen-bond acceptors (Lipinski definition) is 3. The van der Waals surface area contributed by atoms with E-state index in [9.17, 15) is 13.2 Å². The topological polar surface area (TPSA) is 48.1 Å². The van der Waals surface area contributed by atoms with E-state index >= 15 is 0 Å². The lowest BCUT2D eigenvalue weighted by atomic mass is 10.1. The van der Waals surface area contributed by atoms with Gasteiger partial charge in [0.1, 0.15) is 0 Å². The highest BCUT2D eigenvalue weighted by Gasteiger charge is 2.33. The molecule has 0 atom stereocenters. The third kappa shape index (κ3) is 1.98. The number of methoxy groups -OCH3 is 1. The molecule has 0 aliphatic carbocycles. The number of halogens is 3. The van der Waals surface area contributed by atoms with E-state index in [0.717, 1.165) is 6.07 Å². The minimum Gasteiger partial charge on any atom is -0.481 e. The number of nitrogens with zero attached hydrogens (tertiary/aromatic N) is 1. The summed E-state index contributed by atoms with van der Waals surface area (Å²) in [6, 6.07) is 4.82. The molecule has 3 nitrogen and oxygen atoms in total. The lowest BCUT2D eigenvalue weighted by Gasteiger charge is -2.11. The number of pyridine rings is 1. The van der Waals surface area contributed by atoms with E-state index in [-0.39, 0.29) is 22.5 Å². The monoisotopic (exact) mass is 242 g/mol. The minimum atomic E-state index is -4.43. The van der Waals surface area contributed by atoms with Crippen LogP contribution in [0.5, 0.6) is 5.88 Å². The second-order valence-electron chi connectivity index (χ2n) is 3.45. The van der Waals surface area contributed by atoms with Crippen molar-refractivity contribution in [1.29, 1.82) is 0 Å². The normalized spacial score (nSPS) is 11.8. The minimum absolute atomic E-state index is 0.0294. The Morgan fingerprint density at radius 2 is 1.88 bits per heavy atom. The average Bonchev–Trinajstić information content (AvgIpc) is 2.27. The predicted molar refractivity (Wildman–Crippen MR) is 57.7 cm³/mol. The van der Waals surface area contributed by atoms with Crippen LogP contribution in [-0.2, 0) is 6.18 Å². The Morgan fingerprint density at radius 1 is 1.18 bits per heavy atom. The summed E-state index contributed by atoms with van der Waals surface area (Å²) >= 11 is 0. The van der Waals surface area contributed by atoms with Gasteiger partial charge in [0.15, 0.2) is 0 Å². The SMILES string of the molecule is COc1ccc2c(C(F)(F)F)ccc(N)c2n1. The van der Waals surface area contributed by atoms with E-state index in [1.54, 1.807) is 0 Å². The van der Waals surface area contributed by atoms with Gasteiger partial charge in [-0.3, -0.25) is 0 Å². The number of benzene rings is 1. The first kappa shape index (κ1) is 11.5. The molecule has 0 unspecified atom stereocenters. The van der Waals surface area contributed by atoms with E-state index in [0.29, 0.717) is 0 Å². The smallest absolute Gasteiger partial charge is 0.417 e. The van der Waals surface area contributed by atoms with Crippen molar-refractivity contribution in [2.75, 3.05) is 12.8 Å². The summed E-state index contributed by atoms with van der Waals surface area (Å²) in [6.45, 7) is 0. The van der Waals surface area contributed by atoms with Crippen molar-refractivity contribution < 1.29 is 17.9 Å². The molecule has 0 bridgehead atoms. The van der Waals surface area contributed by atoms with Crippen LogP contribution >= 0.6 is 0 Å². The number of hydrogen-bond donors (Lipinski definition) is 1. The lowest BCUT2D eigenvalue weighted by Crippen LogP contribution is -2.07. The van der Waals surface area contributed by atoms with Crippen molar-refractivity contribution in [3.63, 3.8) is 0 Å². The van der Waals surface area contributed by atoms with Gasteiger partial charge in [0, 0.05) is 11.5 Å². The van der Waals surface area contributed by atoms with Crippen molar-refractivity contribution in [2.45, 2.75) is 6.18 Å². The third-order valence-corrected chi connectivity index (χ3v) is 2.38. The second kappa shape index (κ2) is 3.80. The number of aromatic nitrogens is 1. The Kier molecular flexibility index (Phi) is 2.57. The summed E-state index contributed by atoms with van der Waals surface area (Å²) < 4.78 is 43.1. The third-order valence-electron chi connectivity index (χ3n) is 2.38. The van der Waals surface area contributed by atoms with Crippen molar-refractivity contribution in [3.05, 3.63) is 29.8 Å². The Hall–Kier alpha value is -1.98. The summed E-state index contributed by atoms with van der Waals surface area (Å²) in [7, 11) is 1.39. The molecule has 1 heterocycles. The zero-order chi connectivity index (χ0) is 12.6. The van der Waals surface area contributed by atoms with Gasteiger partial charge in [0.2, 0.25) is 5.88 Å². The van der Waals surface area contributed by atoms with Crippen LogP contribution < -0.4 is 10.5 Å². The fraction of sp³-hybridized carbons (Fsp3) is 0.182. The summed E-state index contributed by atoms with van der Waals surface area (Å²) in [5, 5.41) is -0.0294. The van der Waals surface area contributed by atoms with E-state index in [1.165, 1.54) is 25.3 Å². The van der Waals surface area contributed by atoms with E-state index in [1.807, 2.05) is 0 Å². The molecule has 0 aliphatic rings. The van der Waals surface area contributed by atoms with Crippen LogP contribution in [0.3, 0.4) is 0 Å². The summed E-state index contributed by atoms with van der Waals surface area (Å²) in [5.74, 6) is 0.225. The molecule has 2 N–H and O–H groups in total. The molecule has 17 heavy (non-hydrogen) atoms. The molecule has 1 aromatic heterocycles. The van der Waals surface area contributed by atoms with Gasteiger partial charge in [-0.15, -0.1) is 0 Å². The van der Waals surface area contributed by atoms with E-state index < -0.39 is 11.7 Å². The fourth-order valence-corrected chi connectivity index (χ4v) is 1.58. The number of nitrogen functional groups attached to an aromatic ring is 1. The first-order chi connectivity index (χ1) is 7.93. The first-order valence-corrected chi connectivity index (χ1v) is 4.74. The highest BCUT2D eigenvalue weighted by atomic mass is 19.4. The molecule has 1 aromatic carbocycles. The molecule has 2 rings (SSSR count). The van der Waals surface area contributed by atoms with Gasteiger partial charge in [-0.25, -0.2) is 4.98 Å². The zero-order valence-electron chi connectivity index (χ0n) is 8.88. The molecule has 0 amide bonds. The molecule has 0 radical (unpaired) electrons. The Bertz CT molecular complexity index is 566. The standard InChI is InChI=1S/C11H9F3N2O/c1-17-9-5-2-6-7(11(12,13)14)3-4-8(15)10(6)16-9/h2-5H,15H2,1H3. The van der Waals surface area contributed by atoms with Gasteiger partial charge in [-0.1, -0.05) is 0 Å². The Labute approximate surface area is 95.0 Å². The fourth-order valence-electron chi connectivity index (χ4n) is 1.58. The largest absolute Gasteiger partial charge is 0.481 e. The van der Waals surface area contributed by atoms with Crippen molar-refractivity contribution in [2.24, 2.45) is 0 Å². The molecular formula is C11H9F3N2O. The van der Waals surface area contributed by atoms with Crippen LogP contribution in [0.25, 0.3) is 10.9 Å². The number of fused-ring (bicyclic) bond motifs is 1.